The van der Waals surface area contributed by atoms with Gasteiger partial charge in [0.1, 0.15) is 0 Å². The van der Waals surface area contributed by atoms with Gasteiger partial charge in [0.05, 0.1) is 22.7 Å². The van der Waals surface area contributed by atoms with Gasteiger partial charge in [-0.05, 0) is 82.2 Å². The van der Waals surface area contributed by atoms with E-state index in [-0.39, 0.29) is 5.41 Å². The SMILES string of the molecule is CC1(C)c2ccccc2N(c2c(N(c3ccccc3)c3ccccc3)ccc3ccccc23)c2ccc(-c3cccc4c3sc3ccccc34)cc21. The van der Waals surface area contributed by atoms with Crippen molar-refractivity contribution in [3.63, 3.8) is 0 Å². The topological polar surface area (TPSA) is 6.48 Å². The normalized spacial score (nSPS) is 13.3. The maximum Gasteiger partial charge on any atom is 0.0781 e. The lowest BCUT2D eigenvalue weighted by Crippen LogP contribution is -2.31. The zero-order valence-corrected chi connectivity index (χ0v) is 29.9. The first-order valence-electron chi connectivity index (χ1n) is 17.9. The van der Waals surface area contributed by atoms with Crippen LogP contribution < -0.4 is 9.80 Å². The Morgan fingerprint density at radius 3 is 1.92 bits per heavy atom. The Kier molecular flexibility index (Phi) is 7.06. The van der Waals surface area contributed by atoms with E-state index in [1.54, 1.807) is 0 Å². The molecule has 52 heavy (non-hydrogen) atoms. The van der Waals surface area contributed by atoms with Crippen LogP contribution >= 0.6 is 11.3 Å². The lowest BCUT2D eigenvalue weighted by molar-refractivity contribution is 0.632. The Morgan fingerprint density at radius 1 is 0.500 bits per heavy atom. The molecule has 0 unspecified atom stereocenters. The molecule has 3 heteroatoms. The van der Waals surface area contributed by atoms with E-state index < -0.39 is 0 Å². The van der Waals surface area contributed by atoms with Gasteiger partial charge in [-0.2, -0.15) is 0 Å². The smallest absolute Gasteiger partial charge is 0.0781 e. The molecule has 0 aliphatic carbocycles. The van der Waals surface area contributed by atoms with Crippen LogP contribution in [0.25, 0.3) is 42.1 Å². The molecule has 2 nitrogen and oxygen atoms in total. The van der Waals surface area contributed by atoms with Crippen LogP contribution in [0, 0.1) is 0 Å². The van der Waals surface area contributed by atoms with Crippen molar-refractivity contribution in [1.29, 1.82) is 0 Å². The minimum Gasteiger partial charge on any atom is -0.308 e. The van der Waals surface area contributed by atoms with Gasteiger partial charge >= 0.3 is 0 Å². The van der Waals surface area contributed by atoms with Crippen LogP contribution in [0.15, 0.2) is 182 Å². The Balaban J connectivity index is 1.26. The highest BCUT2D eigenvalue weighted by molar-refractivity contribution is 7.26. The fourth-order valence-corrected chi connectivity index (χ4v) is 9.57. The molecule has 0 amide bonds. The van der Waals surface area contributed by atoms with Crippen molar-refractivity contribution in [1.82, 2.24) is 0 Å². The molecule has 10 rings (SSSR count). The Morgan fingerprint density at radius 2 is 1.13 bits per heavy atom. The summed E-state index contributed by atoms with van der Waals surface area (Å²) in [4.78, 5) is 4.94. The maximum absolute atomic E-state index is 2.54. The number of thiophene rings is 1. The van der Waals surface area contributed by atoms with Gasteiger partial charge in [-0.15, -0.1) is 11.3 Å². The van der Waals surface area contributed by atoms with Crippen LogP contribution in [-0.2, 0) is 5.41 Å². The van der Waals surface area contributed by atoms with E-state index in [4.69, 9.17) is 0 Å². The second-order valence-corrected chi connectivity index (χ2v) is 15.2. The molecule has 1 aromatic heterocycles. The molecule has 0 fully saturated rings. The van der Waals surface area contributed by atoms with E-state index in [0.717, 1.165) is 22.7 Å². The molecule has 1 aliphatic heterocycles. The zero-order chi connectivity index (χ0) is 34.8. The highest BCUT2D eigenvalue weighted by Gasteiger charge is 2.39. The zero-order valence-electron chi connectivity index (χ0n) is 29.1. The van der Waals surface area contributed by atoms with Crippen LogP contribution in [0.2, 0.25) is 0 Å². The molecule has 248 valence electrons. The van der Waals surface area contributed by atoms with Crippen LogP contribution in [0.3, 0.4) is 0 Å². The van der Waals surface area contributed by atoms with Crippen molar-refractivity contribution in [3.8, 4) is 11.1 Å². The summed E-state index contributed by atoms with van der Waals surface area (Å²) < 4.78 is 2.67. The number of rotatable bonds is 5. The van der Waals surface area contributed by atoms with Gasteiger partial charge in [0.25, 0.3) is 0 Å². The molecule has 0 spiro atoms. The minimum absolute atomic E-state index is 0.240. The number of benzene rings is 8. The average molecular weight is 685 g/mol. The molecule has 1 aliphatic rings. The van der Waals surface area contributed by atoms with Crippen molar-refractivity contribution >= 4 is 76.4 Å². The summed E-state index contributed by atoms with van der Waals surface area (Å²) in [6, 6.07) is 66.6. The molecule has 0 N–H and O–H groups in total. The van der Waals surface area contributed by atoms with E-state index in [0.29, 0.717) is 0 Å². The monoisotopic (exact) mass is 684 g/mol. The summed E-state index contributed by atoms with van der Waals surface area (Å²) in [5.41, 5.74) is 11.8. The number of hydrogen-bond acceptors (Lipinski definition) is 3. The van der Waals surface area contributed by atoms with Gasteiger partial charge in [-0.25, -0.2) is 0 Å². The quantitative estimate of drug-likeness (QED) is 0.178. The van der Waals surface area contributed by atoms with Crippen molar-refractivity contribution in [2.75, 3.05) is 9.80 Å². The maximum atomic E-state index is 2.54. The molecule has 0 radical (unpaired) electrons. The van der Waals surface area contributed by atoms with Crippen LogP contribution in [0.1, 0.15) is 25.0 Å². The van der Waals surface area contributed by atoms with Crippen molar-refractivity contribution in [2.45, 2.75) is 19.3 Å². The predicted molar refractivity (Wildman–Crippen MR) is 224 cm³/mol. The Labute approximate surface area is 308 Å². The molecule has 0 saturated heterocycles. The summed E-state index contributed by atoms with van der Waals surface area (Å²) in [5.74, 6) is 0. The lowest BCUT2D eigenvalue weighted by Gasteiger charge is -2.44. The molecule has 8 aromatic carbocycles. The van der Waals surface area contributed by atoms with Gasteiger partial charge in [0.2, 0.25) is 0 Å². The number of para-hydroxylation sites is 3. The molecule has 0 saturated carbocycles. The third-order valence-electron chi connectivity index (χ3n) is 10.8. The fraction of sp³-hybridized carbons (Fsp3) is 0.0612. The third-order valence-corrected chi connectivity index (χ3v) is 12.0. The molecule has 9 aromatic rings. The van der Waals surface area contributed by atoms with Crippen molar-refractivity contribution < 1.29 is 0 Å². The van der Waals surface area contributed by atoms with Crippen LogP contribution in [0.5, 0.6) is 0 Å². The number of nitrogens with zero attached hydrogens (tertiary/aromatic N) is 2. The van der Waals surface area contributed by atoms with Gasteiger partial charge in [0, 0.05) is 42.3 Å². The van der Waals surface area contributed by atoms with E-state index in [9.17, 15) is 0 Å². The number of anilines is 6. The first-order chi connectivity index (χ1) is 25.6. The summed E-state index contributed by atoms with van der Waals surface area (Å²) in [7, 11) is 0. The van der Waals surface area contributed by atoms with Crippen LogP contribution in [0.4, 0.5) is 34.1 Å². The standard InChI is InChI=1S/C49H36N2S/c1-49(2)41-25-12-13-26-43(41)51(44-30-29-34(32-42(44)49)38-23-15-24-40-39-22-11-14-27-46(39)52-48(38)40)47-37-21-10-9-16-33(37)28-31-45(47)50(35-17-5-3-6-18-35)36-19-7-4-8-20-36/h3-32H,1-2H3. The van der Waals surface area contributed by atoms with Crippen molar-refractivity contribution in [3.05, 3.63) is 193 Å². The van der Waals surface area contributed by atoms with E-state index in [2.05, 4.69) is 206 Å². The van der Waals surface area contributed by atoms with Crippen molar-refractivity contribution in [2.24, 2.45) is 0 Å². The van der Waals surface area contributed by atoms with Gasteiger partial charge in [-0.3, -0.25) is 0 Å². The van der Waals surface area contributed by atoms with Gasteiger partial charge in [-0.1, -0.05) is 141 Å². The molecule has 0 bridgehead atoms. The van der Waals surface area contributed by atoms with Gasteiger partial charge in [0.15, 0.2) is 0 Å². The van der Waals surface area contributed by atoms with E-state index in [1.165, 1.54) is 64.6 Å². The highest BCUT2D eigenvalue weighted by Crippen LogP contribution is 2.57. The minimum atomic E-state index is -0.240. The Bertz CT molecular complexity index is 2740. The molecule has 0 atom stereocenters. The molecular formula is C49H36N2S. The van der Waals surface area contributed by atoms with Gasteiger partial charge < -0.3 is 9.80 Å². The first kappa shape index (κ1) is 30.6. The third kappa shape index (κ3) is 4.70. The largest absolute Gasteiger partial charge is 0.308 e. The predicted octanol–water partition coefficient (Wildman–Crippen LogP) is 14.5. The highest BCUT2D eigenvalue weighted by atomic mass is 32.1. The second kappa shape index (κ2) is 12.0. The number of fused-ring (bicyclic) bond motifs is 6. The Hall–Kier alpha value is -6.16. The summed E-state index contributed by atoms with van der Waals surface area (Å²) in [5, 5.41) is 5.06. The van der Waals surface area contributed by atoms with E-state index >= 15 is 0 Å². The number of hydrogen-bond donors (Lipinski definition) is 0. The molecule has 2 heterocycles. The fourth-order valence-electron chi connectivity index (χ4n) is 8.33. The summed E-state index contributed by atoms with van der Waals surface area (Å²) in [6.45, 7) is 4.77. The molecular weight excluding hydrogens is 649 g/mol. The second-order valence-electron chi connectivity index (χ2n) is 14.2. The summed E-state index contributed by atoms with van der Waals surface area (Å²) >= 11 is 1.89. The summed E-state index contributed by atoms with van der Waals surface area (Å²) in [6.07, 6.45) is 0. The van der Waals surface area contributed by atoms with E-state index in [1.807, 2.05) is 11.3 Å². The lowest BCUT2D eigenvalue weighted by atomic mass is 9.72. The first-order valence-corrected chi connectivity index (χ1v) is 18.8. The average Bonchev–Trinajstić information content (AvgIpc) is 3.58. The van der Waals surface area contributed by atoms with Crippen LogP contribution in [-0.4, -0.2) is 0 Å².